The van der Waals surface area contributed by atoms with Crippen molar-refractivity contribution in [2.45, 2.75) is 64.1 Å². The van der Waals surface area contributed by atoms with Crippen LogP contribution in [0.4, 0.5) is 0 Å². The van der Waals surface area contributed by atoms with Gasteiger partial charge in [0.2, 0.25) is 0 Å². The van der Waals surface area contributed by atoms with Crippen LogP contribution < -0.4 is 10.7 Å². The Morgan fingerprint density at radius 3 is 2.27 bits per heavy atom. The van der Waals surface area contributed by atoms with E-state index >= 15 is 0 Å². The Balaban J connectivity index is 1.81. The molecule has 15 heavy (non-hydrogen) atoms. The minimum Gasteiger partial charge on any atom is -0.359 e. The minimum atomic E-state index is 0.590. The Hall–Kier alpha value is -0.350. The molecule has 1 heterocycles. The second kappa shape index (κ2) is 4.66. The van der Waals surface area contributed by atoms with E-state index in [0.717, 1.165) is 5.11 Å². The number of rotatable bonds is 2. The Morgan fingerprint density at radius 1 is 1.13 bits per heavy atom. The Morgan fingerprint density at radius 2 is 1.73 bits per heavy atom. The lowest BCUT2D eigenvalue weighted by Gasteiger charge is -2.39. The number of nitrogens with one attached hydrogen (secondary N) is 2. The van der Waals surface area contributed by atoms with Gasteiger partial charge in [0.1, 0.15) is 0 Å². The second-order valence-electron chi connectivity index (χ2n) is 4.90. The summed E-state index contributed by atoms with van der Waals surface area (Å²) in [7, 11) is 0. The van der Waals surface area contributed by atoms with E-state index < -0.39 is 0 Å². The fourth-order valence-electron chi connectivity index (χ4n) is 2.20. The first kappa shape index (κ1) is 11.1. The molecule has 0 aromatic rings. The molecule has 2 N–H and O–H groups in total. The molecule has 1 aliphatic carbocycles. The molecular formula is C11H21N3S. The van der Waals surface area contributed by atoms with Gasteiger partial charge < -0.3 is 5.32 Å². The lowest BCUT2D eigenvalue weighted by molar-refractivity contribution is 0.0736. The molecule has 86 valence electrons. The van der Waals surface area contributed by atoms with Crippen LogP contribution >= 0.6 is 12.2 Å². The summed E-state index contributed by atoms with van der Waals surface area (Å²) in [4.78, 5) is 0. The highest BCUT2D eigenvalue weighted by Crippen LogP contribution is 2.21. The van der Waals surface area contributed by atoms with Gasteiger partial charge in [0.15, 0.2) is 5.11 Å². The summed E-state index contributed by atoms with van der Waals surface area (Å²) >= 11 is 5.29. The van der Waals surface area contributed by atoms with Crippen molar-refractivity contribution in [1.29, 1.82) is 0 Å². The Bertz CT molecular complexity index is 230. The van der Waals surface area contributed by atoms with Gasteiger partial charge in [0.05, 0.1) is 0 Å². The smallest absolute Gasteiger partial charge is 0.181 e. The fraction of sp³-hybridized carbons (Fsp3) is 0.909. The number of piperidine rings is 1. The van der Waals surface area contributed by atoms with E-state index in [1.807, 2.05) is 0 Å². The van der Waals surface area contributed by atoms with Crippen LogP contribution in [0.5, 0.6) is 0 Å². The molecule has 4 heteroatoms. The highest BCUT2D eigenvalue weighted by Gasteiger charge is 2.27. The summed E-state index contributed by atoms with van der Waals surface area (Å²) in [5.74, 6) is 0. The highest BCUT2D eigenvalue weighted by atomic mass is 32.1. The lowest BCUT2D eigenvalue weighted by atomic mass is 10.00. The zero-order valence-electron chi connectivity index (χ0n) is 9.62. The standard InChI is InChI=1S/C11H21N3S/c1-8-4-3-5-9(2)14(8)13-11(15)12-10-6-7-10/h8-10H,3-7H2,1-2H3,(H2,12,13,15)/t8-,9+. The Labute approximate surface area is 97.6 Å². The number of hydrogen-bond donors (Lipinski definition) is 2. The molecule has 2 rings (SSSR count). The predicted molar refractivity (Wildman–Crippen MR) is 66.5 cm³/mol. The molecule has 1 saturated heterocycles. The summed E-state index contributed by atoms with van der Waals surface area (Å²) in [6.45, 7) is 4.53. The van der Waals surface area contributed by atoms with Crippen LogP contribution in [0.3, 0.4) is 0 Å². The molecular weight excluding hydrogens is 206 g/mol. The van der Waals surface area contributed by atoms with E-state index in [1.54, 1.807) is 0 Å². The zero-order chi connectivity index (χ0) is 10.8. The van der Waals surface area contributed by atoms with Crippen molar-refractivity contribution in [2.24, 2.45) is 0 Å². The zero-order valence-corrected chi connectivity index (χ0v) is 10.4. The summed E-state index contributed by atoms with van der Waals surface area (Å²) in [5.41, 5.74) is 3.34. The maximum absolute atomic E-state index is 5.29. The molecule has 2 aliphatic rings. The van der Waals surface area contributed by atoms with Gasteiger partial charge in [-0.1, -0.05) is 6.42 Å². The third-order valence-corrected chi connectivity index (χ3v) is 3.55. The highest BCUT2D eigenvalue weighted by molar-refractivity contribution is 7.80. The molecule has 3 nitrogen and oxygen atoms in total. The molecule has 0 amide bonds. The van der Waals surface area contributed by atoms with Gasteiger partial charge in [-0.2, -0.15) is 0 Å². The minimum absolute atomic E-state index is 0.590. The summed E-state index contributed by atoms with van der Waals surface area (Å²) < 4.78 is 0. The van der Waals surface area contributed by atoms with Gasteiger partial charge in [-0.05, 0) is 51.7 Å². The largest absolute Gasteiger partial charge is 0.359 e. The average Bonchev–Trinajstić information content (AvgIpc) is 2.95. The molecule has 0 spiro atoms. The molecule has 0 aromatic heterocycles. The summed E-state index contributed by atoms with van der Waals surface area (Å²) in [6.07, 6.45) is 6.41. The number of hydrazine groups is 1. The molecule has 0 radical (unpaired) electrons. The van der Waals surface area contributed by atoms with Crippen LogP contribution in [0, 0.1) is 0 Å². The number of hydrogen-bond acceptors (Lipinski definition) is 2. The van der Waals surface area contributed by atoms with Gasteiger partial charge in [0.25, 0.3) is 0 Å². The number of nitrogens with zero attached hydrogens (tertiary/aromatic N) is 1. The normalized spacial score (nSPS) is 32.4. The fourth-order valence-corrected chi connectivity index (χ4v) is 2.48. The van der Waals surface area contributed by atoms with E-state index in [-0.39, 0.29) is 0 Å². The van der Waals surface area contributed by atoms with Crippen molar-refractivity contribution in [2.75, 3.05) is 0 Å². The summed E-state index contributed by atoms with van der Waals surface area (Å²) in [5, 5.41) is 6.43. The second-order valence-corrected chi connectivity index (χ2v) is 5.30. The van der Waals surface area contributed by atoms with Gasteiger partial charge >= 0.3 is 0 Å². The van der Waals surface area contributed by atoms with Crippen molar-refractivity contribution in [3.63, 3.8) is 0 Å². The molecule has 2 atom stereocenters. The van der Waals surface area contributed by atoms with Gasteiger partial charge in [-0.25, -0.2) is 5.01 Å². The van der Waals surface area contributed by atoms with Crippen LogP contribution in [-0.4, -0.2) is 28.2 Å². The van der Waals surface area contributed by atoms with Crippen LogP contribution in [0.15, 0.2) is 0 Å². The molecule has 0 unspecified atom stereocenters. The van der Waals surface area contributed by atoms with E-state index in [0.29, 0.717) is 18.1 Å². The topological polar surface area (TPSA) is 27.3 Å². The lowest BCUT2D eigenvalue weighted by Crippen LogP contribution is -2.56. The molecule has 0 bridgehead atoms. The van der Waals surface area contributed by atoms with Gasteiger partial charge in [0, 0.05) is 18.1 Å². The monoisotopic (exact) mass is 227 g/mol. The first-order chi connectivity index (χ1) is 7.16. The van der Waals surface area contributed by atoms with Crippen molar-refractivity contribution in [1.82, 2.24) is 15.8 Å². The van der Waals surface area contributed by atoms with E-state index in [4.69, 9.17) is 12.2 Å². The van der Waals surface area contributed by atoms with Crippen LogP contribution in [0.1, 0.15) is 46.0 Å². The van der Waals surface area contributed by atoms with Crippen LogP contribution in [-0.2, 0) is 0 Å². The van der Waals surface area contributed by atoms with Crippen molar-refractivity contribution in [3.8, 4) is 0 Å². The molecule has 2 fully saturated rings. The first-order valence-corrected chi connectivity index (χ1v) is 6.43. The third-order valence-electron chi connectivity index (χ3n) is 3.34. The third kappa shape index (κ3) is 3.05. The summed E-state index contributed by atoms with van der Waals surface area (Å²) in [6, 6.07) is 1.82. The molecule has 1 saturated carbocycles. The maximum Gasteiger partial charge on any atom is 0.181 e. The molecule has 0 aromatic carbocycles. The SMILES string of the molecule is C[C@@H]1CCC[C@H](C)N1NC(=S)NC1CC1. The van der Waals surface area contributed by atoms with Crippen molar-refractivity contribution in [3.05, 3.63) is 0 Å². The maximum atomic E-state index is 5.29. The van der Waals surface area contributed by atoms with Crippen molar-refractivity contribution < 1.29 is 0 Å². The van der Waals surface area contributed by atoms with E-state index in [9.17, 15) is 0 Å². The predicted octanol–water partition coefficient (Wildman–Crippen LogP) is 1.79. The van der Waals surface area contributed by atoms with E-state index in [1.165, 1.54) is 32.1 Å². The van der Waals surface area contributed by atoms with Crippen LogP contribution in [0.2, 0.25) is 0 Å². The van der Waals surface area contributed by atoms with Crippen LogP contribution in [0.25, 0.3) is 0 Å². The number of thiocarbonyl (C=S) groups is 1. The molecule has 1 aliphatic heterocycles. The van der Waals surface area contributed by atoms with Crippen molar-refractivity contribution >= 4 is 17.3 Å². The average molecular weight is 227 g/mol. The Kier molecular flexibility index (Phi) is 3.46. The first-order valence-electron chi connectivity index (χ1n) is 6.02. The quantitative estimate of drug-likeness (QED) is 0.703. The van der Waals surface area contributed by atoms with E-state index in [2.05, 4.69) is 29.6 Å². The van der Waals surface area contributed by atoms with Gasteiger partial charge in [-0.3, -0.25) is 5.43 Å². The van der Waals surface area contributed by atoms with Gasteiger partial charge in [-0.15, -0.1) is 0 Å².